The van der Waals surface area contributed by atoms with Crippen molar-refractivity contribution >= 4 is 11.8 Å². The van der Waals surface area contributed by atoms with Gasteiger partial charge in [-0.15, -0.1) is 0 Å². The van der Waals surface area contributed by atoms with Gasteiger partial charge >= 0.3 is 0 Å². The van der Waals surface area contributed by atoms with Crippen molar-refractivity contribution in [1.82, 2.24) is 0 Å². The summed E-state index contributed by atoms with van der Waals surface area (Å²) in [7, 11) is 0. The van der Waals surface area contributed by atoms with Gasteiger partial charge in [-0.2, -0.15) is 0 Å². The molecule has 3 heteroatoms. The summed E-state index contributed by atoms with van der Waals surface area (Å²) in [6.45, 7) is 2.99. The molecule has 0 amide bonds. The molecule has 0 aromatic rings. The highest BCUT2D eigenvalue weighted by Crippen LogP contribution is 2.43. The van der Waals surface area contributed by atoms with E-state index in [0.717, 1.165) is 18.8 Å². The lowest BCUT2D eigenvalue weighted by atomic mass is 10.2. The predicted octanol–water partition coefficient (Wildman–Crippen LogP) is 1.99. The Kier molecular flexibility index (Phi) is 2.12. The molecule has 2 fully saturated rings. The second-order valence-electron chi connectivity index (χ2n) is 3.23. The molecule has 1 spiro atoms. The van der Waals surface area contributed by atoms with Gasteiger partial charge in [0, 0.05) is 12.2 Å². The van der Waals surface area contributed by atoms with Crippen molar-refractivity contribution < 1.29 is 9.47 Å². The maximum absolute atomic E-state index is 5.73. The largest absolute Gasteiger partial charge is 0.341 e. The molecular formula is C8H14O2S. The first-order valence-corrected chi connectivity index (χ1v) is 5.25. The van der Waals surface area contributed by atoms with Gasteiger partial charge in [0.15, 0.2) is 0 Å². The summed E-state index contributed by atoms with van der Waals surface area (Å²) in [5, 5.41) is -0.238. The first-order chi connectivity index (χ1) is 5.31. The summed E-state index contributed by atoms with van der Waals surface area (Å²) in [5.41, 5.74) is 0. The molecule has 0 aromatic heterocycles. The minimum absolute atomic E-state index is 0.238. The van der Waals surface area contributed by atoms with Gasteiger partial charge in [0.1, 0.15) is 0 Å². The number of hydrogen-bond acceptors (Lipinski definition) is 3. The Labute approximate surface area is 71.6 Å². The zero-order valence-corrected chi connectivity index (χ0v) is 7.65. The van der Waals surface area contributed by atoms with Gasteiger partial charge in [0.25, 0.3) is 0 Å². The maximum Gasteiger partial charge on any atom is 0.218 e. The van der Waals surface area contributed by atoms with Crippen LogP contribution in [-0.4, -0.2) is 23.6 Å². The fraction of sp³-hybridized carbons (Fsp3) is 1.00. The first kappa shape index (κ1) is 7.90. The average Bonchev–Trinajstić information content (AvgIpc) is 2.34. The van der Waals surface area contributed by atoms with E-state index >= 15 is 0 Å². The lowest BCUT2D eigenvalue weighted by Gasteiger charge is -2.31. The highest BCUT2D eigenvalue weighted by molar-refractivity contribution is 8.00. The molecule has 2 aliphatic heterocycles. The van der Waals surface area contributed by atoms with Crippen molar-refractivity contribution in [3.63, 3.8) is 0 Å². The zero-order chi connectivity index (χ0) is 7.73. The van der Waals surface area contributed by atoms with E-state index in [4.69, 9.17) is 9.47 Å². The molecule has 2 rings (SSSR count). The van der Waals surface area contributed by atoms with Crippen LogP contribution < -0.4 is 0 Å². The van der Waals surface area contributed by atoms with Crippen molar-refractivity contribution in [2.45, 2.75) is 37.4 Å². The summed E-state index contributed by atoms with van der Waals surface area (Å²) in [5.74, 6) is 1.08. The second-order valence-corrected chi connectivity index (χ2v) is 4.47. The normalized spacial score (nSPS) is 45.0. The topological polar surface area (TPSA) is 18.5 Å². The van der Waals surface area contributed by atoms with Crippen LogP contribution in [0.1, 0.15) is 26.2 Å². The monoisotopic (exact) mass is 174 g/mol. The van der Waals surface area contributed by atoms with E-state index in [2.05, 4.69) is 6.92 Å². The Balaban J connectivity index is 1.98. The Morgan fingerprint density at radius 1 is 1.45 bits per heavy atom. The summed E-state index contributed by atoms with van der Waals surface area (Å²) in [6, 6.07) is 0. The third kappa shape index (κ3) is 1.55. The van der Waals surface area contributed by atoms with E-state index in [-0.39, 0.29) is 5.12 Å². The third-order valence-electron chi connectivity index (χ3n) is 2.12. The highest BCUT2D eigenvalue weighted by Gasteiger charge is 2.41. The van der Waals surface area contributed by atoms with Crippen LogP contribution in [0, 0.1) is 0 Å². The van der Waals surface area contributed by atoms with E-state index in [1.807, 2.05) is 11.8 Å². The molecule has 0 radical (unpaired) electrons. The van der Waals surface area contributed by atoms with Crippen LogP contribution in [0.5, 0.6) is 0 Å². The standard InChI is InChI=1S/C8H14O2S/c1-7-6-11-8(10-7)4-2-3-5-9-8/h7H,2-6H2,1H3/t7-,8+/m1/s1. The van der Waals surface area contributed by atoms with E-state index in [9.17, 15) is 0 Å². The zero-order valence-electron chi connectivity index (χ0n) is 6.84. The number of ether oxygens (including phenoxy) is 2. The highest BCUT2D eigenvalue weighted by atomic mass is 32.2. The number of thioether (sulfide) groups is 1. The van der Waals surface area contributed by atoms with E-state index in [1.165, 1.54) is 12.8 Å². The van der Waals surface area contributed by atoms with Gasteiger partial charge in [-0.05, 0) is 19.8 Å². The maximum atomic E-state index is 5.73. The molecule has 0 unspecified atom stereocenters. The van der Waals surface area contributed by atoms with Crippen molar-refractivity contribution in [2.24, 2.45) is 0 Å². The molecule has 64 valence electrons. The minimum Gasteiger partial charge on any atom is -0.341 e. The van der Waals surface area contributed by atoms with Crippen molar-refractivity contribution in [3.05, 3.63) is 0 Å². The molecule has 2 aliphatic rings. The summed E-state index contributed by atoms with van der Waals surface area (Å²) in [6.07, 6.45) is 3.89. The Morgan fingerprint density at radius 2 is 2.36 bits per heavy atom. The van der Waals surface area contributed by atoms with Gasteiger partial charge in [-0.25, -0.2) is 0 Å². The van der Waals surface area contributed by atoms with Crippen LogP contribution in [0.4, 0.5) is 0 Å². The average molecular weight is 174 g/mol. The smallest absolute Gasteiger partial charge is 0.218 e. The second kappa shape index (κ2) is 2.96. The van der Waals surface area contributed by atoms with Crippen LogP contribution >= 0.6 is 11.8 Å². The molecule has 0 N–H and O–H groups in total. The molecule has 2 nitrogen and oxygen atoms in total. The Hall–Kier alpha value is 0.270. The molecule has 2 saturated heterocycles. The van der Waals surface area contributed by atoms with Crippen LogP contribution in [0.25, 0.3) is 0 Å². The Morgan fingerprint density at radius 3 is 2.91 bits per heavy atom. The summed E-state index contributed by atoms with van der Waals surface area (Å²) in [4.78, 5) is 0. The van der Waals surface area contributed by atoms with Crippen LogP contribution in [-0.2, 0) is 9.47 Å². The SMILES string of the molecule is C[C@@H]1CS[C@]2(CCCCO2)O1. The van der Waals surface area contributed by atoms with Gasteiger partial charge in [-0.1, -0.05) is 11.8 Å². The van der Waals surface area contributed by atoms with Crippen molar-refractivity contribution in [3.8, 4) is 0 Å². The molecular weight excluding hydrogens is 160 g/mol. The van der Waals surface area contributed by atoms with Crippen molar-refractivity contribution in [2.75, 3.05) is 12.4 Å². The van der Waals surface area contributed by atoms with Gasteiger partial charge in [-0.3, -0.25) is 0 Å². The van der Waals surface area contributed by atoms with Gasteiger partial charge < -0.3 is 9.47 Å². The molecule has 0 aliphatic carbocycles. The quantitative estimate of drug-likeness (QED) is 0.559. The Bertz CT molecular complexity index is 138. The van der Waals surface area contributed by atoms with Gasteiger partial charge in [0.05, 0.1) is 12.7 Å². The predicted molar refractivity (Wildman–Crippen MR) is 45.5 cm³/mol. The first-order valence-electron chi connectivity index (χ1n) is 4.26. The number of rotatable bonds is 0. The lowest BCUT2D eigenvalue weighted by molar-refractivity contribution is -0.196. The molecule has 11 heavy (non-hydrogen) atoms. The van der Waals surface area contributed by atoms with E-state index < -0.39 is 0 Å². The summed E-state index contributed by atoms with van der Waals surface area (Å²) < 4.78 is 11.4. The van der Waals surface area contributed by atoms with Crippen LogP contribution in [0.3, 0.4) is 0 Å². The van der Waals surface area contributed by atoms with E-state index in [1.54, 1.807) is 0 Å². The lowest BCUT2D eigenvalue weighted by Crippen LogP contribution is -2.33. The third-order valence-corrected chi connectivity index (χ3v) is 3.61. The molecule has 0 saturated carbocycles. The van der Waals surface area contributed by atoms with E-state index in [0.29, 0.717) is 6.10 Å². The minimum atomic E-state index is -0.238. The fourth-order valence-electron chi connectivity index (χ4n) is 1.57. The van der Waals surface area contributed by atoms with Crippen molar-refractivity contribution in [1.29, 1.82) is 0 Å². The fourth-order valence-corrected chi connectivity index (χ4v) is 2.81. The molecule has 0 bridgehead atoms. The molecule has 2 atom stereocenters. The molecule has 0 aromatic carbocycles. The van der Waals surface area contributed by atoms with Gasteiger partial charge in [0.2, 0.25) is 5.12 Å². The number of hydrogen-bond donors (Lipinski definition) is 0. The van der Waals surface area contributed by atoms with Crippen LogP contribution in [0.15, 0.2) is 0 Å². The molecule has 2 heterocycles. The summed E-state index contributed by atoms with van der Waals surface area (Å²) >= 11 is 1.83. The van der Waals surface area contributed by atoms with Crippen LogP contribution in [0.2, 0.25) is 0 Å².